The molecule has 1 fully saturated rings. The van der Waals surface area contributed by atoms with Gasteiger partial charge >= 0.3 is 0 Å². The lowest BCUT2D eigenvalue weighted by atomic mass is 9.99. The number of nitrogens with one attached hydrogen (secondary N) is 1. The number of aromatic hydroxyl groups is 1. The maximum Gasteiger partial charge on any atom is 0.256 e. The lowest BCUT2D eigenvalue weighted by Crippen LogP contribution is -2.45. The summed E-state index contributed by atoms with van der Waals surface area (Å²) in [6.45, 7) is 0. The zero-order chi connectivity index (χ0) is 13.9. The fraction of sp³-hybridized carbons (Fsp3) is 0.429. The number of nitriles is 1. The SMILES string of the molecule is COc1ccc(C(=O)NC2(C#N)CCCC2)c(O)c1. The van der Waals surface area contributed by atoms with Crippen molar-refractivity contribution < 1.29 is 14.6 Å². The summed E-state index contributed by atoms with van der Waals surface area (Å²) in [7, 11) is 1.48. The van der Waals surface area contributed by atoms with Crippen LogP contribution in [0, 0.1) is 11.3 Å². The molecule has 0 spiro atoms. The van der Waals surface area contributed by atoms with Crippen molar-refractivity contribution in [2.75, 3.05) is 7.11 Å². The first-order valence-electron chi connectivity index (χ1n) is 6.21. The Labute approximate surface area is 111 Å². The Kier molecular flexibility index (Phi) is 3.61. The third kappa shape index (κ3) is 2.63. The van der Waals surface area contributed by atoms with Gasteiger partial charge in [0.15, 0.2) is 0 Å². The van der Waals surface area contributed by atoms with Crippen molar-refractivity contribution in [1.29, 1.82) is 5.26 Å². The van der Waals surface area contributed by atoms with Gasteiger partial charge in [-0.25, -0.2) is 0 Å². The number of benzene rings is 1. The second kappa shape index (κ2) is 5.19. The Bertz CT molecular complexity index is 528. The van der Waals surface area contributed by atoms with E-state index in [1.165, 1.54) is 19.2 Å². The quantitative estimate of drug-likeness (QED) is 0.870. The summed E-state index contributed by atoms with van der Waals surface area (Å²) < 4.78 is 4.96. The van der Waals surface area contributed by atoms with E-state index >= 15 is 0 Å². The van der Waals surface area contributed by atoms with Crippen molar-refractivity contribution in [2.24, 2.45) is 0 Å². The zero-order valence-electron chi connectivity index (χ0n) is 10.8. The van der Waals surface area contributed by atoms with Crippen LogP contribution in [0.1, 0.15) is 36.0 Å². The van der Waals surface area contributed by atoms with Crippen molar-refractivity contribution >= 4 is 5.91 Å². The summed E-state index contributed by atoms with van der Waals surface area (Å²) in [6.07, 6.45) is 3.18. The highest BCUT2D eigenvalue weighted by molar-refractivity contribution is 5.97. The van der Waals surface area contributed by atoms with E-state index in [0.717, 1.165) is 12.8 Å². The van der Waals surface area contributed by atoms with Gasteiger partial charge in [0.2, 0.25) is 0 Å². The zero-order valence-corrected chi connectivity index (χ0v) is 10.8. The van der Waals surface area contributed by atoms with Crippen LogP contribution in [0.2, 0.25) is 0 Å². The summed E-state index contributed by atoms with van der Waals surface area (Å²) in [5, 5.41) is 21.8. The molecule has 1 aromatic rings. The Hall–Kier alpha value is -2.22. The van der Waals surface area contributed by atoms with E-state index in [1.54, 1.807) is 6.07 Å². The molecule has 0 heterocycles. The Morgan fingerprint density at radius 2 is 2.16 bits per heavy atom. The van der Waals surface area contributed by atoms with Gasteiger partial charge in [0.1, 0.15) is 17.0 Å². The standard InChI is InChI=1S/C14H16N2O3/c1-19-10-4-5-11(12(17)8-10)13(18)16-14(9-15)6-2-3-7-14/h4-5,8,17H,2-3,6-7H2,1H3,(H,16,18). The number of hydrogen-bond donors (Lipinski definition) is 2. The molecular formula is C14H16N2O3. The average Bonchev–Trinajstić information content (AvgIpc) is 2.87. The monoisotopic (exact) mass is 260 g/mol. The molecule has 0 aromatic heterocycles. The maximum absolute atomic E-state index is 12.1. The number of hydrogen-bond acceptors (Lipinski definition) is 4. The van der Waals surface area contributed by atoms with Crippen molar-refractivity contribution in [1.82, 2.24) is 5.32 Å². The molecular weight excluding hydrogens is 244 g/mol. The lowest BCUT2D eigenvalue weighted by molar-refractivity contribution is 0.0918. The van der Waals surface area contributed by atoms with Gasteiger partial charge in [-0.05, 0) is 37.8 Å². The van der Waals surface area contributed by atoms with E-state index in [4.69, 9.17) is 4.74 Å². The number of rotatable bonds is 3. The molecule has 0 atom stereocenters. The highest BCUT2D eigenvalue weighted by Gasteiger charge is 2.36. The van der Waals surface area contributed by atoms with Crippen LogP contribution in [0.25, 0.3) is 0 Å². The third-order valence-corrected chi connectivity index (χ3v) is 3.47. The van der Waals surface area contributed by atoms with Gasteiger partial charge in [0.25, 0.3) is 5.91 Å². The minimum Gasteiger partial charge on any atom is -0.507 e. The Balaban J connectivity index is 2.18. The summed E-state index contributed by atoms with van der Waals surface area (Å²) in [4.78, 5) is 12.1. The largest absolute Gasteiger partial charge is 0.507 e. The molecule has 1 amide bonds. The molecule has 19 heavy (non-hydrogen) atoms. The first kappa shape index (κ1) is 13.2. The van der Waals surface area contributed by atoms with Crippen molar-refractivity contribution in [2.45, 2.75) is 31.2 Å². The van der Waals surface area contributed by atoms with E-state index in [0.29, 0.717) is 18.6 Å². The van der Waals surface area contributed by atoms with Crippen LogP contribution in [0.5, 0.6) is 11.5 Å². The molecule has 1 aliphatic rings. The van der Waals surface area contributed by atoms with E-state index < -0.39 is 11.4 Å². The van der Waals surface area contributed by atoms with Gasteiger partial charge in [-0.2, -0.15) is 5.26 Å². The molecule has 0 unspecified atom stereocenters. The normalized spacial score (nSPS) is 16.6. The molecule has 5 nitrogen and oxygen atoms in total. The van der Waals surface area contributed by atoms with Crippen LogP contribution in [-0.4, -0.2) is 23.7 Å². The Morgan fingerprint density at radius 1 is 1.47 bits per heavy atom. The molecule has 100 valence electrons. The number of nitrogens with zero attached hydrogens (tertiary/aromatic N) is 1. The smallest absolute Gasteiger partial charge is 0.256 e. The van der Waals surface area contributed by atoms with Gasteiger partial charge < -0.3 is 15.2 Å². The molecule has 5 heteroatoms. The Morgan fingerprint density at radius 3 is 2.68 bits per heavy atom. The van der Waals surface area contributed by atoms with Gasteiger partial charge in [-0.3, -0.25) is 4.79 Å². The molecule has 2 rings (SSSR count). The van der Waals surface area contributed by atoms with Crippen LogP contribution in [0.3, 0.4) is 0 Å². The fourth-order valence-electron chi connectivity index (χ4n) is 2.36. The number of amides is 1. The molecule has 0 aliphatic heterocycles. The molecule has 1 aromatic carbocycles. The van der Waals surface area contributed by atoms with Gasteiger partial charge in [-0.15, -0.1) is 0 Å². The van der Waals surface area contributed by atoms with E-state index in [9.17, 15) is 15.2 Å². The van der Waals surface area contributed by atoms with Crippen molar-refractivity contribution in [3.05, 3.63) is 23.8 Å². The minimum absolute atomic E-state index is 0.150. The van der Waals surface area contributed by atoms with E-state index in [-0.39, 0.29) is 11.3 Å². The van der Waals surface area contributed by atoms with Gasteiger partial charge in [0.05, 0.1) is 18.7 Å². The number of phenols is 1. The summed E-state index contributed by atoms with van der Waals surface area (Å²) >= 11 is 0. The van der Waals surface area contributed by atoms with Crippen LogP contribution >= 0.6 is 0 Å². The number of carbonyl (C=O) groups is 1. The minimum atomic E-state index is -0.788. The molecule has 0 bridgehead atoms. The molecule has 2 N–H and O–H groups in total. The number of phenolic OH excluding ortho intramolecular Hbond substituents is 1. The summed E-state index contributed by atoms with van der Waals surface area (Å²) in [6, 6.07) is 6.65. The predicted molar refractivity (Wildman–Crippen MR) is 68.9 cm³/mol. The van der Waals surface area contributed by atoms with Crippen molar-refractivity contribution in [3.8, 4) is 17.6 Å². The predicted octanol–water partition coefficient (Wildman–Crippen LogP) is 1.97. The van der Waals surface area contributed by atoms with Crippen LogP contribution < -0.4 is 10.1 Å². The highest BCUT2D eigenvalue weighted by atomic mass is 16.5. The fourth-order valence-corrected chi connectivity index (χ4v) is 2.36. The number of ether oxygens (including phenoxy) is 1. The molecule has 0 saturated heterocycles. The number of methoxy groups -OCH3 is 1. The second-order valence-corrected chi connectivity index (χ2v) is 4.74. The lowest BCUT2D eigenvalue weighted by Gasteiger charge is -2.22. The van der Waals surface area contributed by atoms with Gasteiger partial charge in [-0.1, -0.05) is 0 Å². The van der Waals surface area contributed by atoms with Gasteiger partial charge in [0, 0.05) is 6.07 Å². The second-order valence-electron chi connectivity index (χ2n) is 4.74. The van der Waals surface area contributed by atoms with Crippen LogP contribution in [0.15, 0.2) is 18.2 Å². The first-order valence-corrected chi connectivity index (χ1v) is 6.21. The first-order chi connectivity index (χ1) is 9.10. The highest BCUT2D eigenvalue weighted by Crippen LogP contribution is 2.30. The van der Waals surface area contributed by atoms with Crippen molar-refractivity contribution in [3.63, 3.8) is 0 Å². The molecule has 1 saturated carbocycles. The maximum atomic E-state index is 12.1. The number of carbonyl (C=O) groups excluding carboxylic acids is 1. The average molecular weight is 260 g/mol. The van der Waals surface area contributed by atoms with E-state index in [1.807, 2.05) is 0 Å². The molecule has 1 aliphatic carbocycles. The summed E-state index contributed by atoms with van der Waals surface area (Å²) in [5.74, 6) is -0.101. The summed E-state index contributed by atoms with van der Waals surface area (Å²) in [5.41, 5.74) is -0.633. The van der Waals surface area contributed by atoms with E-state index in [2.05, 4.69) is 11.4 Å². The molecule has 0 radical (unpaired) electrons. The third-order valence-electron chi connectivity index (χ3n) is 3.47. The van der Waals surface area contributed by atoms with Crippen LogP contribution in [-0.2, 0) is 0 Å². The van der Waals surface area contributed by atoms with Crippen LogP contribution in [0.4, 0.5) is 0 Å². The topological polar surface area (TPSA) is 82.3 Å².